The molecule has 0 aromatic heterocycles. The van der Waals surface area contributed by atoms with Crippen LogP contribution in [0, 0.1) is 0 Å². The molecule has 34 heavy (non-hydrogen) atoms. The second-order valence-electron chi connectivity index (χ2n) is 11.3. The Morgan fingerprint density at radius 2 is 0.441 bits per heavy atom. The standard InChI is InChI=1S/C32H68P.ClH/c1-5-9-13-17-21-25-29-33(30-26-22-18-14-10-6-2,31-27-23-19-15-11-7-3)32-28-24-20-16-12-8-4;/h5-32H2,1-4H3;1H/q+1;/p-1. The second-order valence-corrected chi connectivity index (χ2v) is 15.8. The molecule has 0 heterocycles. The van der Waals surface area contributed by atoms with E-state index in [0.717, 1.165) is 0 Å². The van der Waals surface area contributed by atoms with E-state index in [1.807, 2.05) is 0 Å². The Hall–Kier alpha value is 0.720. The molecule has 208 valence electrons. The van der Waals surface area contributed by atoms with Gasteiger partial charge in [-0.05, 0) is 51.4 Å². The van der Waals surface area contributed by atoms with E-state index in [2.05, 4.69) is 27.7 Å². The van der Waals surface area contributed by atoms with E-state index in [0.29, 0.717) is 0 Å². The van der Waals surface area contributed by atoms with Crippen molar-refractivity contribution < 1.29 is 12.4 Å². The number of rotatable bonds is 28. The van der Waals surface area contributed by atoms with Crippen LogP contribution in [0.3, 0.4) is 0 Å². The zero-order valence-corrected chi connectivity index (χ0v) is 26.3. The van der Waals surface area contributed by atoms with E-state index in [9.17, 15) is 0 Å². The van der Waals surface area contributed by atoms with Crippen LogP contribution in [-0.4, -0.2) is 24.6 Å². The highest BCUT2D eigenvalue weighted by Crippen LogP contribution is 2.61. The van der Waals surface area contributed by atoms with Crippen LogP contribution in [0.1, 0.15) is 182 Å². The van der Waals surface area contributed by atoms with Crippen LogP contribution in [0.5, 0.6) is 0 Å². The van der Waals surface area contributed by atoms with Crippen molar-refractivity contribution in [2.45, 2.75) is 182 Å². The van der Waals surface area contributed by atoms with E-state index in [1.54, 1.807) is 50.3 Å². The molecule has 0 N–H and O–H groups in total. The minimum atomic E-state index is -0.718. The molecule has 0 atom stereocenters. The summed E-state index contributed by atoms with van der Waals surface area (Å²) in [6, 6.07) is 0. The molecule has 0 aliphatic carbocycles. The highest BCUT2D eigenvalue weighted by Gasteiger charge is 2.34. The Morgan fingerprint density at radius 1 is 0.265 bits per heavy atom. The predicted molar refractivity (Wildman–Crippen MR) is 160 cm³/mol. The molecule has 2 heteroatoms. The molecule has 0 bridgehead atoms. The van der Waals surface area contributed by atoms with Gasteiger partial charge in [-0.15, -0.1) is 0 Å². The average Bonchev–Trinajstić information content (AvgIpc) is 2.83. The Kier molecular flexibility index (Phi) is 32.5. The van der Waals surface area contributed by atoms with Crippen molar-refractivity contribution in [2.75, 3.05) is 24.6 Å². The van der Waals surface area contributed by atoms with Crippen LogP contribution in [0.2, 0.25) is 0 Å². The minimum absolute atomic E-state index is 0. The summed E-state index contributed by atoms with van der Waals surface area (Å²) < 4.78 is 0. The van der Waals surface area contributed by atoms with E-state index in [-0.39, 0.29) is 12.4 Å². The lowest BCUT2D eigenvalue weighted by atomic mass is 10.1. The maximum atomic E-state index is 2.35. The molecule has 0 aromatic carbocycles. The highest BCUT2D eigenvalue weighted by atomic mass is 35.5. The average molecular weight is 519 g/mol. The maximum Gasteiger partial charge on any atom is 0.0594 e. The summed E-state index contributed by atoms with van der Waals surface area (Å²) in [5.74, 6) is 0. The number of unbranched alkanes of at least 4 members (excludes halogenated alkanes) is 20. The SMILES string of the molecule is CCCCCCCC[P+](CCCCCCCC)(CCCCCCCC)CCCCCCCC.[Cl-]. The lowest BCUT2D eigenvalue weighted by Crippen LogP contribution is -3.00. The molecule has 0 saturated carbocycles. The van der Waals surface area contributed by atoms with E-state index in [4.69, 9.17) is 0 Å². The number of halogens is 1. The fourth-order valence-electron chi connectivity index (χ4n) is 5.58. The first-order chi connectivity index (χ1) is 16.2. The molecule has 0 nitrogen and oxygen atoms in total. The van der Waals surface area contributed by atoms with Crippen molar-refractivity contribution in [3.8, 4) is 0 Å². The van der Waals surface area contributed by atoms with Gasteiger partial charge < -0.3 is 12.4 Å². The molecule has 0 radical (unpaired) electrons. The van der Waals surface area contributed by atoms with Crippen LogP contribution in [-0.2, 0) is 0 Å². The monoisotopic (exact) mass is 518 g/mol. The molecule has 0 saturated heterocycles. The third kappa shape index (κ3) is 24.4. The molecular weight excluding hydrogens is 451 g/mol. The summed E-state index contributed by atoms with van der Waals surface area (Å²) in [4.78, 5) is 0. The third-order valence-corrected chi connectivity index (χ3v) is 13.0. The van der Waals surface area contributed by atoms with Crippen LogP contribution < -0.4 is 12.4 Å². The molecule has 0 aliphatic rings. The van der Waals surface area contributed by atoms with E-state index in [1.165, 1.54) is 128 Å². The van der Waals surface area contributed by atoms with Crippen LogP contribution >= 0.6 is 7.26 Å². The van der Waals surface area contributed by atoms with Crippen molar-refractivity contribution in [3.63, 3.8) is 0 Å². The van der Waals surface area contributed by atoms with Gasteiger partial charge in [0.2, 0.25) is 0 Å². The summed E-state index contributed by atoms with van der Waals surface area (Å²) in [7, 11) is -0.718. The third-order valence-electron chi connectivity index (χ3n) is 7.94. The zero-order valence-electron chi connectivity index (χ0n) is 24.6. The number of hydrogen-bond acceptors (Lipinski definition) is 0. The summed E-state index contributed by atoms with van der Waals surface area (Å²) in [6.07, 6.45) is 42.1. The van der Waals surface area contributed by atoms with Gasteiger partial charge in [0.25, 0.3) is 0 Å². The van der Waals surface area contributed by atoms with Crippen molar-refractivity contribution in [3.05, 3.63) is 0 Å². The van der Waals surface area contributed by atoms with Crippen LogP contribution in [0.4, 0.5) is 0 Å². The van der Waals surface area contributed by atoms with Gasteiger partial charge in [0.15, 0.2) is 0 Å². The lowest BCUT2D eigenvalue weighted by molar-refractivity contribution is -0.00000755. The summed E-state index contributed by atoms with van der Waals surface area (Å²) in [6.45, 7) is 9.38. The fraction of sp³-hybridized carbons (Fsp3) is 1.00. The van der Waals surface area contributed by atoms with Gasteiger partial charge in [0.1, 0.15) is 0 Å². The minimum Gasteiger partial charge on any atom is -1.00 e. The van der Waals surface area contributed by atoms with Crippen LogP contribution in [0.15, 0.2) is 0 Å². The van der Waals surface area contributed by atoms with Gasteiger partial charge in [-0.2, -0.15) is 0 Å². The molecule has 0 fully saturated rings. The van der Waals surface area contributed by atoms with Crippen LogP contribution in [0.25, 0.3) is 0 Å². The fourth-order valence-corrected chi connectivity index (χ4v) is 10.5. The topological polar surface area (TPSA) is 0 Å². The van der Waals surface area contributed by atoms with Crippen molar-refractivity contribution >= 4 is 7.26 Å². The van der Waals surface area contributed by atoms with E-state index < -0.39 is 7.26 Å². The quantitative estimate of drug-likeness (QED) is 0.0714. The molecule has 0 rings (SSSR count). The molecule has 0 amide bonds. The first-order valence-electron chi connectivity index (χ1n) is 16.1. The van der Waals surface area contributed by atoms with Crippen molar-refractivity contribution in [1.29, 1.82) is 0 Å². The maximum absolute atomic E-state index is 2.35. The van der Waals surface area contributed by atoms with Gasteiger partial charge in [-0.3, -0.25) is 0 Å². The first kappa shape index (κ1) is 36.9. The van der Waals surface area contributed by atoms with Gasteiger partial charge >= 0.3 is 0 Å². The second kappa shape index (κ2) is 29.9. The zero-order chi connectivity index (χ0) is 24.3. The van der Waals surface area contributed by atoms with Crippen molar-refractivity contribution in [1.82, 2.24) is 0 Å². The Morgan fingerprint density at radius 3 is 0.647 bits per heavy atom. The van der Waals surface area contributed by atoms with Gasteiger partial charge in [-0.25, -0.2) is 0 Å². The molecule has 0 unspecified atom stereocenters. The highest BCUT2D eigenvalue weighted by molar-refractivity contribution is 7.75. The molecule has 0 spiro atoms. The van der Waals surface area contributed by atoms with Gasteiger partial charge in [0, 0.05) is 7.26 Å². The van der Waals surface area contributed by atoms with Crippen molar-refractivity contribution in [2.24, 2.45) is 0 Å². The summed E-state index contributed by atoms with van der Waals surface area (Å²) >= 11 is 0. The lowest BCUT2D eigenvalue weighted by Gasteiger charge is -2.28. The molecule has 0 aliphatic heterocycles. The first-order valence-corrected chi connectivity index (χ1v) is 18.6. The van der Waals surface area contributed by atoms with Gasteiger partial charge in [-0.1, -0.05) is 130 Å². The molecular formula is C32H68ClP. The Bertz CT molecular complexity index is 287. The smallest absolute Gasteiger partial charge is 0.0594 e. The Balaban J connectivity index is 0. The predicted octanol–water partition coefficient (Wildman–Crippen LogP) is 9.45. The Labute approximate surface area is 225 Å². The molecule has 0 aromatic rings. The summed E-state index contributed by atoms with van der Waals surface area (Å²) in [5, 5.41) is 0. The van der Waals surface area contributed by atoms with Gasteiger partial charge in [0.05, 0.1) is 24.6 Å². The summed E-state index contributed by atoms with van der Waals surface area (Å²) in [5.41, 5.74) is 0. The van der Waals surface area contributed by atoms with E-state index >= 15 is 0 Å². The number of hydrogen-bond donors (Lipinski definition) is 0. The normalized spacial score (nSPS) is 11.6. The largest absolute Gasteiger partial charge is 1.00 e.